The van der Waals surface area contributed by atoms with E-state index >= 15 is 0 Å². The number of hydrogen-bond donors (Lipinski definition) is 2. The number of nitrogens with zero attached hydrogens (tertiary/aromatic N) is 3. The van der Waals surface area contributed by atoms with Gasteiger partial charge in [0, 0.05) is 45.5 Å². The van der Waals surface area contributed by atoms with Crippen LogP contribution in [0.15, 0.2) is 97.1 Å². The molecule has 5 heterocycles. The summed E-state index contributed by atoms with van der Waals surface area (Å²) in [5, 5.41) is 0. The number of nitrogens with one attached hydrogen (secondary N) is 2. The number of aromatic amines is 2. The quantitative estimate of drug-likeness (QED) is 0.0900. The van der Waals surface area contributed by atoms with Gasteiger partial charge in [0.05, 0.1) is 51.5 Å². The smallest absolute Gasteiger partial charge is 0.333 e. The first-order valence-corrected chi connectivity index (χ1v) is 25.5. The van der Waals surface area contributed by atoms with E-state index in [-0.39, 0.29) is 34.2 Å². The van der Waals surface area contributed by atoms with E-state index in [2.05, 4.69) is 226 Å². The Morgan fingerprint density at radius 2 is 1.00 bits per heavy atom. The van der Waals surface area contributed by atoms with Crippen LogP contribution in [0.5, 0.6) is 0 Å². The minimum absolute atomic E-state index is 0.113. The lowest BCUT2D eigenvalue weighted by Crippen LogP contribution is -2.28. The van der Waals surface area contributed by atoms with Crippen molar-refractivity contribution in [1.82, 2.24) is 19.9 Å². The predicted molar refractivity (Wildman–Crippen MR) is 309 cm³/mol. The van der Waals surface area contributed by atoms with Gasteiger partial charge in [0.1, 0.15) is 6.61 Å². The number of likely N-dealkylation sites (N-methyl/N-ethyl adjacent to an activating group) is 1. The number of anilines is 1. The molecule has 2 N–H and O–H groups in total. The van der Waals surface area contributed by atoms with E-state index in [4.69, 9.17) is 21.1 Å². The zero-order valence-electron chi connectivity index (χ0n) is 45.5. The molecule has 0 amide bonds. The fraction of sp³-hybridized carbons (Fsp3) is 0.318. The maximum absolute atomic E-state index is 12.1. The molecule has 372 valence electrons. The highest BCUT2D eigenvalue weighted by Gasteiger charge is 2.26. The molecule has 6 aromatic rings. The zero-order valence-corrected chi connectivity index (χ0v) is 45.5. The molecule has 8 bridgehead atoms. The van der Waals surface area contributed by atoms with Crippen molar-refractivity contribution in [2.45, 2.75) is 119 Å². The van der Waals surface area contributed by atoms with Crippen LogP contribution >= 0.6 is 0 Å². The molecule has 2 aliphatic rings. The molecule has 0 aliphatic carbocycles. The lowest BCUT2D eigenvalue weighted by atomic mass is 9.78. The number of rotatable bonds is 8. The molecule has 3 aromatic heterocycles. The third-order valence-electron chi connectivity index (χ3n) is 13.7. The Morgan fingerprint density at radius 1 is 0.589 bits per heavy atom. The summed E-state index contributed by atoms with van der Waals surface area (Å²) in [5.41, 5.74) is 18.7. The molecule has 3 aromatic carbocycles. The highest BCUT2D eigenvalue weighted by molar-refractivity contribution is 5.96. The maximum atomic E-state index is 12.1. The van der Waals surface area contributed by atoms with Crippen molar-refractivity contribution in [2.24, 2.45) is 0 Å². The van der Waals surface area contributed by atoms with Gasteiger partial charge in [-0.15, -0.1) is 6.42 Å². The van der Waals surface area contributed by atoms with E-state index in [1.54, 1.807) is 6.92 Å². The summed E-state index contributed by atoms with van der Waals surface area (Å²) >= 11 is 0. The highest BCUT2D eigenvalue weighted by Crippen LogP contribution is 2.40. The van der Waals surface area contributed by atoms with Crippen LogP contribution in [0.4, 0.5) is 5.69 Å². The van der Waals surface area contributed by atoms with E-state index in [0.29, 0.717) is 29.1 Å². The molecule has 2 aliphatic heterocycles. The Hall–Kier alpha value is -7.61. The Bertz CT molecular complexity index is 3270. The third-order valence-corrected chi connectivity index (χ3v) is 13.7. The average molecular weight is 966 g/mol. The number of H-pyrrole nitrogens is 2. The largest absolute Gasteiger partial charge is 0.460 e. The highest BCUT2D eigenvalue weighted by atomic mass is 16.5. The van der Waals surface area contributed by atoms with Crippen LogP contribution in [-0.4, -0.2) is 45.6 Å². The summed E-state index contributed by atoms with van der Waals surface area (Å²) < 4.78 is 5.41. The number of ether oxygens (including phenoxy) is 1. The van der Waals surface area contributed by atoms with Crippen LogP contribution in [0.3, 0.4) is 0 Å². The van der Waals surface area contributed by atoms with Gasteiger partial charge in [0.2, 0.25) is 0 Å². The molecule has 8 rings (SSSR count). The molecular formula is C66H71N5O2. The summed E-state index contributed by atoms with van der Waals surface area (Å²) in [5.74, 6) is 9.76. The number of hydrogen-bond acceptors (Lipinski definition) is 5. The minimum Gasteiger partial charge on any atom is -0.460 e. The zero-order chi connectivity index (χ0) is 52.8. The van der Waals surface area contributed by atoms with Crippen LogP contribution in [0, 0.1) is 24.2 Å². The number of carbonyl (C=O) groups excluding carboxylic acids is 1. The second kappa shape index (κ2) is 19.8. The van der Waals surface area contributed by atoms with Gasteiger partial charge in [-0.3, -0.25) is 0 Å². The molecule has 0 unspecified atom stereocenters. The fourth-order valence-corrected chi connectivity index (χ4v) is 9.11. The second-order valence-electron chi connectivity index (χ2n) is 23.5. The molecule has 7 nitrogen and oxygen atoms in total. The maximum Gasteiger partial charge on any atom is 0.333 e. The first-order chi connectivity index (χ1) is 34.3. The average Bonchev–Trinajstić information content (AvgIpc) is 4.18. The summed E-state index contributed by atoms with van der Waals surface area (Å²) in [4.78, 5) is 32.8. The van der Waals surface area contributed by atoms with E-state index in [1.165, 1.54) is 22.3 Å². The molecule has 0 fully saturated rings. The van der Waals surface area contributed by atoms with Crippen molar-refractivity contribution in [1.29, 1.82) is 0 Å². The molecule has 0 atom stereocenters. The monoisotopic (exact) mass is 966 g/mol. The number of esters is 1. The molecule has 7 heteroatoms. The molecule has 0 radical (unpaired) electrons. The van der Waals surface area contributed by atoms with E-state index in [1.807, 2.05) is 12.1 Å². The SMILES string of the molecule is C#Cc1c2ccc([nH]2)c(-c2cc(C(C)(C)C)cc(C(C)(C)C)c2)c2nc(c(C#Cc3ccc(N(CC)CCOC(=O)C(=C)C)cc3)c3nc(c(-c4cc(C(C)(C)C)cc(C(C)(C)C)c4)c4ccc1[nH]4)C=C3)C=C2. The standard InChI is InChI=1S/C66H71N5O2/c1-17-50-52-25-29-56(67-52)60(43-35-45(63(5,6)7)39-46(36-43)64(8,9)10)58-31-27-54(69-58)51(24-21-42-19-22-49(23-20-42)71(18-2)33-34-73-62(72)41(3)4)55-28-32-59(70-55)61(57-30-26-53(50)68-57)44-37-47(65(11,12)13)40-48(38-44)66(14,15)16/h1,19-20,22-23,25-32,35-40,67-68H,3,18,33-34H2,2,4-16H3. The number of benzene rings is 3. The Balaban J connectivity index is 1.44. The van der Waals surface area contributed by atoms with Gasteiger partial charge in [-0.25, -0.2) is 14.8 Å². The summed E-state index contributed by atoms with van der Waals surface area (Å²) in [6, 6.07) is 30.5. The van der Waals surface area contributed by atoms with Gasteiger partial charge in [0.15, 0.2) is 0 Å². The Kier molecular flexibility index (Phi) is 14.0. The lowest BCUT2D eigenvalue weighted by molar-refractivity contribution is -0.138. The molecular weight excluding hydrogens is 895 g/mol. The topological polar surface area (TPSA) is 86.9 Å². The number of carbonyl (C=O) groups is 1. The molecule has 0 saturated heterocycles. The van der Waals surface area contributed by atoms with E-state index < -0.39 is 0 Å². The van der Waals surface area contributed by atoms with Crippen LogP contribution in [0.1, 0.15) is 159 Å². The molecule has 0 spiro atoms. The van der Waals surface area contributed by atoms with Crippen LogP contribution < -0.4 is 4.90 Å². The lowest BCUT2D eigenvalue weighted by Gasteiger charge is -2.26. The van der Waals surface area contributed by atoms with Crippen LogP contribution in [0.2, 0.25) is 0 Å². The van der Waals surface area contributed by atoms with Gasteiger partial charge >= 0.3 is 5.97 Å². The number of fused-ring (bicyclic) bond motifs is 8. The minimum atomic E-state index is -0.382. The Labute approximate surface area is 434 Å². The van der Waals surface area contributed by atoms with Crippen LogP contribution in [-0.2, 0) is 31.2 Å². The fourth-order valence-electron chi connectivity index (χ4n) is 9.11. The van der Waals surface area contributed by atoms with Crippen molar-refractivity contribution >= 4 is 58.0 Å². The third kappa shape index (κ3) is 11.2. The number of terminal acetylenes is 1. The van der Waals surface area contributed by atoms with Gasteiger partial charge in [-0.1, -0.05) is 144 Å². The summed E-state index contributed by atoms with van der Waals surface area (Å²) in [7, 11) is 0. The summed E-state index contributed by atoms with van der Waals surface area (Å²) in [6.07, 6.45) is 14.8. The van der Waals surface area contributed by atoms with Crippen molar-refractivity contribution in [3.05, 3.63) is 159 Å². The van der Waals surface area contributed by atoms with Crippen molar-refractivity contribution in [3.8, 4) is 46.4 Å². The van der Waals surface area contributed by atoms with E-state index in [9.17, 15) is 4.79 Å². The van der Waals surface area contributed by atoms with Crippen molar-refractivity contribution < 1.29 is 9.53 Å². The number of aromatic nitrogens is 4. The Morgan fingerprint density at radius 3 is 1.38 bits per heavy atom. The predicted octanol–water partition coefficient (Wildman–Crippen LogP) is 15.5. The van der Waals surface area contributed by atoms with Gasteiger partial charge in [-0.05, 0) is 142 Å². The second-order valence-corrected chi connectivity index (χ2v) is 23.5. The van der Waals surface area contributed by atoms with E-state index in [0.717, 1.165) is 79.1 Å². The van der Waals surface area contributed by atoms with Crippen molar-refractivity contribution in [3.63, 3.8) is 0 Å². The normalized spacial score (nSPS) is 12.6. The first-order valence-electron chi connectivity index (χ1n) is 25.5. The van der Waals surface area contributed by atoms with Crippen molar-refractivity contribution in [2.75, 3.05) is 24.6 Å². The van der Waals surface area contributed by atoms with Gasteiger partial charge in [-0.2, -0.15) is 0 Å². The van der Waals surface area contributed by atoms with Crippen LogP contribution in [0.25, 0.3) is 68.6 Å². The summed E-state index contributed by atoms with van der Waals surface area (Å²) in [6.45, 7) is 36.2. The van der Waals surface area contributed by atoms with Gasteiger partial charge in [0.25, 0.3) is 0 Å². The molecule has 0 saturated carbocycles. The first kappa shape index (κ1) is 51.7. The van der Waals surface area contributed by atoms with Gasteiger partial charge < -0.3 is 19.6 Å². The molecule has 73 heavy (non-hydrogen) atoms.